The summed E-state index contributed by atoms with van der Waals surface area (Å²) in [5, 5.41) is 0. The molecule has 204 valence electrons. The average molecular weight is 513 g/mol. The summed E-state index contributed by atoms with van der Waals surface area (Å²) in [6.07, 6.45) is 8.69. The number of hydrogen-bond acceptors (Lipinski definition) is 6. The lowest BCUT2D eigenvalue weighted by Gasteiger charge is -2.59. The van der Waals surface area contributed by atoms with Gasteiger partial charge in [-0.3, -0.25) is 14.4 Å². The maximum absolute atomic E-state index is 12.2. The highest BCUT2D eigenvalue weighted by atomic mass is 16.5. The van der Waals surface area contributed by atoms with Gasteiger partial charge in [0.25, 0.3) is 0 Å². The third-order valence-electron chi connectivity index (χ3n) is 8.44. The molecule has 1 fully saturated rings. The zero-order chi connectivity index (χ0) is 27.5. The van der Waals surface area contributed by atoms with Crippen LogP contribution in [0.25, 0.3) is 0 Å². The lowest BCUT2D eigenvalue weighted by atomic mass is 9.45. The van der Waals surface area contributed by atoms with Gasteiger partial charge in [0.05, 0.1) is 0 Å². The number of esters is 3. The highest BCUT2D eigenvalue weighted by Crippen LogP contribution is 2.65. The summed E-state index contributed by atoms with van der Waals surface area (Å²) in [7, 11) is 0. The Morgan fingerprint density at radius 2 is 1.54 bits per heavy atom. The monoisotopic (exact) mass is 512 g/mol. The lowest BCUT2D eigenvalue weighted by Crippen LogP contribution is -2.52. The quantitative estimate of drug-likeness (QED) is 0.137. The van der Waals surface area contributed by atoms with Crippen molar-refractivity contribution in [2.24, 2.45) is 17.3 Å². The number of ether oxygens (including phenoxy) is 3. The first-order valence-electron chi connectivity index (χ1n) is 13.7. The van der Waals surface area contributed by atoms with Gasteiger partial charge in [-0.15, -0.1) is 0 Å². The van der Waals surface area contributed by atoms with Crippen molar-refractivity contribution < 1.29 is 28.6 Å². The van der Waals surface area contributed by atoms with E-state index in [-0.39, 0.29) is 35.2 Å². The Morgan fingerprint density at radius 3 is 2.03 bits per heavy atom. The fourth-order valence-electron chi connectivity index (χ4n) is 6.22. The van der Waals surface area contributed by atoms with E-state index < -0.39 is 11.9 Å². The van der Waals surface area contributed by atoms with E-state index in [1.165, 1.54) is 40.0 Å². The molecule has 0 radical (unpaired) electrons. The Morgan fingerprint density at radius 1 is 0.946 bits per heavy atom. The average Bonchev–Trinajstić information content (AvgIpc) is 2.79. The van der Waals surface area contributed by atoms with Crippen LogP contribution in [0.3, 0.4) is 0 Å². The van der Waals surface area contributed by atoms with E-state index in [1.54, 1.807) is 0 Å². The molecular weight excluding hydrogens is 468 g/mol. The fraction of sp³-hybridized carbons (Fsp3) is 0.645. The van der Waals surface area contributed by atoms with Gasteiger partial charge in [0.1, 0.15) is 18.1 Å². The molecule has 1 saturated carbocycles. The summed E-state index contributed by atoms with van der Waals surface area (Å²) >= 11 is 0. The Kier molecular flexibility index (Phi) is 8.92. The minimum Gasteiger partial charge on any atom is -0.461 e. The predicted molar refractivity (Wildman–Crippen MR) is 144 cm³/mol. The smallest absolute Gasteiger partial charge is 0.308 e. The molecule has 0 heterocycles. The Hall–Kier alpha value is -2.63. The summed E-state index contributed by atoms with van der Waals surface area (Å²) in [5.74, 6) is 0.185. The first kappa shape index (κ1) is 28.9. The van der Waals surface area contributed by atoms with E-state index in [0.29, 0.717) is 23.0 Å². The van der Waals surface area contributed by atoms with Crippen LogP contribution in [0.15, 0.2) is 23.8 Å². The molecule has 0 saturated heterocycles. The molecule has 0 N–H and O–H groups in total. The molecule has 4 rings (SSSR count). The van der Waals surface area contributed by atoms with Crippen LogP contribution < -0.4 is 9.47 Å². The van der Waals surface area contributed by atoms with E-state index in [2.05, 4.69) is 40.7 Å². The second kappa shape index (κ2) is 11.4. The number of benzene rings is 1. The SMILES string of the molecule is CCCCCCC(C)(C)c1cc(OC(C)=O)c([C@H]2C=C(COC(C)=O)[C@H]3C[C@@H]2C3(C)C)c(OC(C)=O)c1. The molecule has 3 aliphatic rings. The van der Waals surface area contributed by atoms with Crippen LogP contribution in [0.1, 0.15) is 111 Å². The summed E-state index contributed by atoms with van der Waals surface area (Å²) in [4.78, 5) is 36.0. The standard InChI is InChI=1S/C31H44O6/c1-9-10-11-12-13-30(5,6)23-15-27(36-20(3)33)29(28(16-23)37-21(4)34)24-14-22(18-35-19(2)32)25-17-26(24)31(25,7)8/h14-16,24-26H,9-13,17-18H2,1-8H3/t24-,25+,26-/m0/s1. The lowest BCUT2D eigenvalue weighted by molar-refractivity contribution is -0.141. The second-order valence-corrected chi connectivity index (χ2v) is 12.0. The number of rotatable bonds is 11. The first-order valence-corrected chi connectivity index (χ1v) is 13.7. The summed E-state index contributed by atoms with van der Waals surface area (Å²) in [6, 6.07) is 3.92. The van der Waals surface area contributed by atoms with Crippen molar-refractivity contribution in [3.63, 3.8) is 0 Å². The molecule has 3 aliphatic carbocycles. The van der Waals surface area contributed by atoms with Crippen LogP contribution in [0, 0.1) is 17.3 Å². The summed E-state index contributed by atoms with van der Waals surface area (Å²) in [5.41, 5.74) is 2.53. The normalized spacial score (nSPS) is 21.9. The third kappa shape index (κ3) is 6.45. The molecule has 3 atom stereocenters. The number of carbonyl (C=O) groups excluding carboxylic acids is 3. The molecule has 0 aromatic heterocycles. The molecule has 1 aromatic carbocycles. The van der Waals surface area contributed by atoms with Crippen molar-refractivity contribution in [2.75, 3.05) is 6.61 Å². The van der Waals surface area contributed by atoms with Gasteiger partial charge in [-0.1, -0.05) is 66.4 Å². The van der Waals surface area contributed by atoms with Gasteiger partial charge in [0, 0.05) is 32.3 Å². The van der Waals surface area contributed by atoms with Gasteiger partial charge in [0.15, 0.2) is 0 Å². The first-order chi connectivity index (χ1) is 17.3. The van der Waals surface area contributed by atoms with E-state index >= 15 is 0 Å². The van der Waals surface area contributed by atoms with E-state index in [9.17, 15) is 14.4 Å². The molecule has 37 heavy (non-hydrogen) atoms. The van der Waals surface area contributed by atoms with Gasteiger partial charge >= 0.3 is 17.9 Å². The molecule has 0 unspecified atom stereocenters. The van der Waals surface area contributed by atoms with Gasteiger partial charge < -0.3 is 14.2 Å². The van der Waals surface area contributed by atoms with Crippen LogP contribution >= 0.6 is 0 Å². The Labute approximate surface area is 222 Å². The predicted octanol–water partition coefficient (Wildman–Crippen LogP) is 7.03. The zero-order valence-electron chi connectivity index (χ0n) is 23.9. The molecule has 6 nitrogen and oxygen atoms in total. The van der Waals surface area contributed by atoms with Gasteiger partial charge in [-0.25, -0.2) is 0 Å². The Balaban J connectivity index is 2.13. The number of hydrogen-bond donors (Lipinski definition) is 0. The molecule has 0 amide bonds. The van der Waals surface area contributed by atoms with Crippen LogP contribution in [-0.4, -0.2) is 24.5 Å². The van der Waals surface area contributed by atoms with Gasteiger partial charge in [-0.05, 0) is 58.8 Å². The van der Waals surface area contributed by atoms with Gasteiger partial charge in [0.2, 0.25) is 0 Å². The van der Waals surface area contributed by atoms with E-state index in [0.717, 1.165) is 30.4 Å². The number of carbonyl (C=O) groups is 3. The van der Waals surface area contributed by atoms with Crippen LogP contribution in [0.4, 0.5) is 0 Å². The maximum atomic E-state index is 12.2. The highest BCUT2D eigenvalue weighted by Gasteiger charge is 2.56. The molecular formula is C31H44O6. The minimum absolute atomic E-state index is 0.0346. The number of unbranched alkanes of at least 4 members (excludes halogenated alkanes) is 3. The third-order valence-corrected chi connectivity index (χ3v) is 8.44. The van der Waals surface area contributed by atoms with Crippen molar-refractivity contribution in [1.82, 2.24) is 0 Å². The van der Waals surface area contributed by atoms with E-state index in [4.69, 9.17) is 14.2 Å². The van der Waals surface area contributed by atoms with Crippen molar-refractivity contribution in [2.45, 2.75) is 105 Å². The molecule has 0 spiro atoms. The van der Waals surface area contributed by atoms with Crippen LogP contribution in [0.2, 0.25) is 0 Å². The molecule has 2 bridgehead atoms. The Bertz CT molecular complexity index is 1030. The number of fused-ring (bicyclic) bond motifs is 1. The number of allylic oxidation sites excluding steroid dienone is 1. The fourth-order valence-corrected chi connectivity index (χ4v) is 6.22. The van der Waals surface area contributed by atoms with Crippen LogP contribution in [-0.2, 0) is 24.5 Å². The van der Waals surface area contributed by atoms with Crippen molar-refractivity contribution in [3.05, 3.63) is 34.9 Å². The summed E-state index contributed by atoms with van der Waals surface area (Å²) < 4.78 is 17.0. The van der Waals surface area contributed by atoms with Gasteiger partial charge in [-0.2, -0.15) is 0 Å². The molecule has 6 heteroatoms. The van der Waals surface area contributed by atoms with Crippen molar-refractivity contribution >= 4 is 17.9 Å². The highest BCUT2D eigenvalue weighted by molar-refractivity contribution is 5.74. The maximum Gasteiger partial charge on any atom is 0.308 e. The van der Waals surface area contributed by atoms with Crippen molar-refractivity contribution in [1.29, 1.82) is 0 Å². The second-order valence-electron chi connectivity index (χ2n) is 12.0. The van der Waals surface area contributed by atoms with Crippen LogP contribution in [0.5, 0.6) is 11.5 Å². The van der Waals surface area contributed by atoms with E-state index in [1.807, 2.05) is 12.1 Å². The zero-order valence-corrected chi connectivity index (χ0v) is 23.9. The topological polar surface area (TPSA) is 78.9 Å². The molecule has 0 aliphatic heterocycles. The summed E-state index contributed by atoms with van der Waals surface area (Å²) in [6.45, 7) is 15.4. The minimum atomic E-state index is -0.418. The van der Waals surface area contributed by atoms with Crippen molar-refractivity contribution in [3.8, 4) is 11.5 Å². The molecule has 1 aromatic rings. The largest absolute Gasteiger partial charge is 0.461 e.